The molecule has 2 heteroatoms. The van der Waals surface area contributed by atoms with Crippen molar-refractivity contribution in [3.05, 3.63) is 35.9 Å². The summed E-state index contributed by atoms with van der Waals surface area (Å²) >= 11 is 0. The fourth-order valence-corrected chi connectivity index (χ4v) is 2.08. The number of hydrogen-bond acceptors (Lipinski definition) is 2. The number of ether oxygens (including phenoxy) is 1. The van der Waals surface area contributed by atoms with Crippen LogP contribution >= 0.6 is 0 Å². The Bertz CT molecular complexity index is 280. The van der Waals surface area contributed by atoms with E-state index in [0.29, 0.717) is 6.23 Å². The van der Waals surface area contributed by atoms with E-state index in [4.69, 9.17) is 4.74 Å². The second-order valence-corrected chi connectivity index (χ2v) is 4.02. The standard InChI is InChI=1S/C13H19NO/c1-2-14(13-9-6-10-15-13)11-12-7-4-3-5-8-12/h3-5,7-8,13H,2,6,9-11H2,1H3. The molecule has 0 bridgehead atoms. The van der Waals surface area contributed by atoms with Crippen molar-refractivity contribution in [3.8, 4) is 0 Å². The van der Waals surface area contributed by atoms with Crippen LogP contribution < -0.4 is 0 Å². The monoisotopic (exact) mass is 205 g/mol. The zero-order valence-corrected chi connectivity index (χ0v) is 9.36. The van der Waals surface area contributed by atoms with Gasteiger partial charge in [0.15, 0.2) is 0 Å². The summed E-state index contributed by atoms with van der Waals surface area (Å²) in [7, 11) is 0. The maximum atomic E-state index is 5.70. The van der Waals surface area contributed by atoms with Crippen molar-refractivity contribution in [1.82, 2.24) is 4.90 Å². The maximum absolute atomic E-state index is 5.70. The minimum Gasteiger partial charge on any atom is -0.363 e. The van der Waals surface area contributed by atoms with E-state index in [1.165, 1.54) is 18.4 Å². The molecule has 1 heterocycles. The van der Waals surface area contributed by atoms with E-state index in [1.807, 2.05) is 0 Å². The van der Waals surface area contributed by atoms with Crippen molar-refractivity contribution in [2.75, 3.05) is 13.2 Å². The lowest BCUT2D eigenvalue weighted by atomic mass is 10.2. The molecule has 15 heavy (non-hydrogen) atoms. The van der Waals surface area contributed by atoms with E-state index in [9.17, 15) is 0 Å². The summed E-state index contributed by atoms with van der Waals surface area (Å²) in [6.45, 7) is 5.18. The van der Waals surface area contributed by atoms with Crippen molar-refractivity contribution >= 4 is 0 Å². The molecule has 1 atom stereocenters. The van der Waals surface area contributed by atoms with Crippen LogP contribution in [0.4, 0.5) is 0 Å². The molecule has 82 valence electrons. The molecule has 1 fully saturated rings. The normalized spacial score (nSPS) is 21.1. The van der Waals surface area contributed by atoms with Crippen LogP contribution in [0.25, 0.3) is 0 Å². The molecule has 0 amide bonds. The van der Waals surface area contributed by atoms with Gasteiger partial charge in [-0.2, -0.15) is 0 Å². The Morgan fingerprint density at radius 3 is 2.73 bits per heavy atom. The Morgan fingerprint density at radius 2 is 2.13 bits per heavy atom. The van der Waals surface area contributed by atoms with Gasteiger partial charge in [0.1, 0.15) is 6.23 Å². The summed E-state index contributed by atoms with van der Waals surface area (Å²) in [4.78, 5) is 2.41. The van der Waals surface area contributed by atoms with Gasteiger partial charge in [0.25, 0.3) is 0 Å². The van der Waals surface area contributed by atoms with Crippen LogP contribution in [0.3, 0.4) is 0 Å². The molecule has 2 nitrogen and oxygen atoms in total. The summed E-state index contributed by atoms with van der Waals surface area (Å²) in [5, 5.41) is 0. The lowest BCUT2D eigenvalue weighted by molar-refractivity contribution is -0.0218. The summed E-state index contributed by atoms with van der Waals surface area (Å²) in [5.74, 6) is 0. The Labute approximate surface area is 91.9 Å². The molecule has 1 aromatic carbocycles. The van der Waals surface area contributed by atoms with Crippen LogP contribution in [0.1, 0.15) is 25.3 Å². The van der Waals surface area contributed by atoms with Crippen molar-refractivity contribution in [3.63, 3.8) is 0 Å². The van der Waals surface area contributed by atoms with Crippen molar-refractivity contribution in [1.29, 1.82) is 0 Å². The van der Waals surface area contributed by atoms with Gasteiger partial charge in [-0.25, -0.2) is 0 Å². The van der Waals surface area contributed by atoms with Crippen molar-refractivity contribution in [2.24, 2.45) is 0 Å². The highest BCUT2D eigenvalue weighted by Crippen LogP contribution is 2.18. The smallest absolute Gasteiger partial charge is 0.110 e. The Kier molecular flexibility index (Phi) is 3.75. The first-order chi connectivity index (χ1) is 7.40. The third-order valence-electron chi connectivity index (χ3n) is 2.95. The number of rotatable bonds is 4. The minimum atomic E-state index is 0.343. The molecule has 1 aliphatic heterocycles. The topological polar surface area (TPSA) is 12.5 Å². The Balaban J connectivity index is 1.96. The molecule has 0 spiro atoms. The van der Waals surface area contributed by atoms with Gasteiger partial charge in [-0.15, -0.1) is 0 Å². The summed E-state index contributed by atoms with van der Waals surface area (Å²) in [6.07, 6.45) is 2.73. The second-order valence-electron chi connectivity index (χ2n) is 4.02. The Morgan fingerprint density at radius 1 is 1.33 bits per heavy atom. The van der Waals surface area contributed by atoms with Gasteiger partial charge in [0.2, 0.25) is 0 Å². The molecule has 1 unspecified atom stereocenters. The van der Waals surface area contributed by atoms with Gasteiger partial charge in [-0.3, -0.25) is 4.90 Å². The summed E-state index contributed by atoms with van der Waals surface area (Å²) < 4.78 is 5.70. The fourth-order valence-electron chi connectivity index (χ4n) is 2.08. The van der Waals surface area contributed by atoms with Crippen LogP contribution in [0.2, 0.25) is 0 Å². The molecular formula is C13H19NO. The minimum absolute atomic E-state index is 0.343. The molecule has 0 saturated carbocycles. The number of hydrogen-bond donors (Lipinski definition) is 0. The van der Waals surface area contributed by atoms with Crippen LogP contribution in [0, 0.1) is 0 Å². The highest BCUT2D eigenvalue weighted by atomic mass is 16.5. The Hall–Kier alpha value is -0.860. The molecular weight excluding hydrogens is 186 g/mol. The van der Waals surface area contributed by atoms with Gasteiger partial charge in [0.05, 0.1) is 0 Å². The predicted octanol–water partition coefficient (Wildman–Crippen LogP) is 2.65. The van der Waals surface area contributed by atoms with Crippen LogP contribution in [0.5, 0.6) is 0 Å². The SMILES string of the molecule is CCN(Cc1ccccc1)C1CCCO1. The highest BCUT2D eigenvalue weighted by molar-refractivity contribution is 5.14. The van der Waals surface area contributed by atoms with Gasteiger partial charge in [0, 0.05) is 13.2 Å². The van der Waals surface area contributed by atoms with E-state index >= 15 is 0 Å². The third kappa shape index (κ3) is 2.80. The largest absolute Gasteiger partial charge is 0.363 e. The average Bonchev–Trinajstić information content (AvgIpc) is 2.81. The number of nitrogens with zero attached hydrogens (tertiary/aromatic N) is 1. The van der Waals surface area contributed by atoms with E-state index in [2.05, 4.69) is 42.2 Å². The molecule has 1 aromatic rings. The molecule has 0 N–H and O–H groups in total. The molecule has 0 radical (unpaired) electrons. The molecule has 1 aliphatic rings. The quantitative estimate of drug-likeness (QED) is 0.749. The second kappa shape index (κ2) is 5.29. The maximum Gasteiger partial charge on any atom is 0.110 e. The van der Waals surface area contributed by atoms with E-state index in [1.54, 1.807) is 0 Å². The summed E-state index contributed by atoms with van der Waals surface area (Å²) in [6, 6.07) is 10.6. The van der Waals surface area contributed by atoms with Crippen LogP contribution in [0.15, 0.2) is 30.3 Å². The highest BCUT2D eigenvalue weighted by Gasteiger charge is 2.21. The van der Waals surface area contributed by atoms with E-state index < -0.39 is 0 Å². The number of benzene rings is 1. The van der Waals surface area contributed by atoms with Crippen LogP contribution in [-0.4, -0.2) is 24.3 Å². The third-order valence-corrected chi connectivity index (χ3v) is 2.95. The molecule has 0 aromatic heterocycles. The van der Waals surface area contributed by atoms with Gasteiger partial charge in [-0.1, -0.05) is 37.3 Å². The molecule has 1 saturated heterocycles. The first-order valence-corrected chi connectivity index (χ1v) is 5.79. The van der Waals surface area contributed by atoms with Crippen molar-refractivity contribution < 1.29 is 4.74 Å². The predicted molar refractivity (Wildman–Crippen MR) is 61.5 cm³/mol. The first kappa shape index (κ1) is 10.7. The van der Waals surface area contributed by atoms with E-state index in [-0.39, 0.29) is 0 Å². The molecule has 2 rings (SSSR count). The van der Waals surface area contributed by atoms with Gasteiger partial charge < -0.3 is 4.74 Å². The average molecular weight is 205 g/mol. The first-order valence-electron chi connectivity index (χ1n) is 5.79. The van der Waals surface area contributed by atoms with Gasteiger partial charge >= 0.3 is 0 Å². The van der Waals surface area contributed by atoms with Gasteiger partial charge in [-0.05, 0) is 24.9 Å². The van der Waals surface area contributed by atoms with Crippen LogP contribution in [-0.2, 0) is 11.3 Å². The van der Waals surface area contributed by atoms with E-state index in [0.717, 1.165) is 19.7 Å². The zero-order valence-electron chi connectivity index (χ0n) is 9.36. The molecule has 0 aliphatic carbocycles. The summed E-state index contributed by atoms with van der Waals surface area (Å²) in [5.41, 5.74) is 1.37. The lowest BCUT2D eigenvalue weighted by Gasteiger charge is -2.26. The zero-order chi connectivity index (χ0) is 10.5. The fraction of sp³-hybridized carbons (Fsp3) is 0.538. The lowest BCUT2D eigenvalue weighted by Crippen LogP contribution is -2.33. The van der Waals surface area contributed by atoms with Crippen molar-refractivity contribution in [2.45, 2.75) is 32.5 Å².